The van der Waals surface area contributed by atoms with E-state index in [0.717, 1.165) is 52.6 Å². The van der Waals surface area contributed by atoms with Crippen LogP contribution >= 0.6 is 15.9 Å². The van der Waals surface area contributed by atoms with Gasteiger partial charge in [-0.3, -0.25) is 0 Å². The number of hydrogen-bond acceptors (Lipinski definition) is 3. The number of imidazole rings is 1. The van der Waals surface area contributed by atoms with Crippen LogP contribution in [0.4, 0.5) is 0 Å². The third-order valence-electron chi connectivity index (χ3n) is 4.48. The summed E-state index contributed by atoms with van der Waals surface area (Å²) in [6.07, 6.45) is 5.54. The van der Waals surface area contributed by atoms with Gasteiger partial charge in [-0.05, 0) is 42.3 Å². The Hall–Kier alpha value is -1.66. The zero-order valence-electron chi connectivity index (χ0n) is 15.1. The summed E-state index contributed by atoms with van der Waals surface area (Å²) in [5.41, 5.74) is 2.89. The molecule has 0 unspecified atom stereocenters. The number of aryl methyl sites for hydroxylation is 1. The molecule has 0 aliphatic carbocycles. The molecule has 26 heavy (non-hydrogen) atoms. The number of sulfone groups is 1. The summed E-state index contributed by atoms with van der Waals surface area (Å²) in [5, 5.41) is 0. The van der Waals surface area contributed by atoms with Crippen LogP contribution in [0.3, 0.4) is 0 Å². The summed E-state index contributed by atoms with van der Waals surface area (Å²) in [7, 11) is -3.25. The van der Waals surface area contributed by atoms with Crippen LogP contribution in [0.15, 0.2) is 51.8 Å². The molecule has 6 heteroatoms. The van der Waals surface area contributed by atoms with Crippen LogP contribution in [0.5, 0.6) is 0 Å². The van der Waals surface area contributed by atoms with Gasteiger partial charge in [0.2, 0.25) is 0 Å². The summed E-state index contributed by atoms with van der Waals surface area (Å²) >= 11 is 3.47. The molecular formula is C20H23BrN2O2S. The molecule has 0 spiro atoms. The van der Waals surface area contributed by atoms with E-state index in [2.05, 4.69) is 39.6 Å². The zero-order valence-corrected chi connectivity index (χ0v) is 17.5. The Morgan fingerprint density at radius 2 is 1.81 bits per heavy atom. The lowest BCUT2D eigenvalue weighted by Crippen LogP contribution is -2.06. The van der Waals surface area contributed by atoms with Crippen molar-refractivity contribution in [2.75, 3.05) is 6.26 Å². The third kappa shape index (κ3) is 4.35. The molecule has 2 aromatic carbocycles. The van der Waals surface area contributed by atoms with Crippen molar-refractivity contribution in [3.63, 3.8) is 0 Å². The van der Waals surface area contributed by atoms with Crippen LogP contribution in [-0.4, -0.2) is 24.2 Å². The van der Waals surface area contributed by atoms with E-state index in [1.165, 1.54) is 6.26 Å². The van der Waals surface area contributed by atoms with Gasteiger partial charge in [0.1, 0.15) is 5.82 Å². The minimum atomic E-state index is -3.25. The lowest BCUT2D eigenvalue weighted by Gasteiger charge is -2.10. The van der Waals surface area contributed by atoms with E-state index in [-0.39, 0.29) is 0 Å². The SMILES string of the molecule is CCCCCc1nc2ccc(S(C)(=O)=O)cc2n1Cc1ccc(Br)cc1. The molecule has 0 fully saturated rings. The Kier molecular flexibility index (Phi) is 5.82. The first-order valence-electron chi connectivity index (χ1n) is 8.82. The van der Waals surface area contributed by atoms with E-state index < -0.39 is 9.84 Å². The number of rotatable bonds is 7. The molecule has 0 aliphatic heterocycles. The number of fused-ring (bicyclic) bond motifs is 1. The first kappa shape index (κ1) is 19.1. The topological polar surface area (TPSA) is 52.0 Å². The van der Waals surface area contributed by atoms with Crippen LogP contribution in [0.1, 0.15) is 37.6 Å². The van der Waals surface area contributed by atoms with Gasteiger partial charge in [-0.1, -0.05) is 47.8 Å². The van der Waals surface area contributed by atoms with Gasteiger partial charge in [0.25, 0.3) is 0 Å². The highest BCUT2D eigenvalue weighted by Gasteiger charge is 2.15. The van der Waals surface area contributed by atoms with Crippen LogP contribution in [0, 0.1) is 0 Å². The van der Waals surface area contributed by atoms with E-state index >= 15 is 0 Å². The molecule has 0 amide bonds. The van der Waals surface area contributed by atoms with Crippen molar-refractivity contribution in [3.05, 3.63) is 58.3 Å². The van der Waals surface area contributed by atoms with E-state index in [4.69, 9.17) is 4.98 Å². The van der Waals surface area contributed by atoms with E-state index in [1.807, 2.05) is 18.2 Å². The largest absolute Gasteiger partial charge is 0.323 e. The van der Waals surface area contributed by atoms with Crippen LogP contribution in [0.2, 0.25) is 0 Å². The fourth-order valence-electron chi connectivity index (χ4n) is 3.06. The molecular weight excluding hydrogens is 412 g/mol. The Labute approximate surface area is 163 Å². The summed E-state index contributed by atoms with van der Waals surface area (Å²) in [6.45, 7) is 2.86. The quantitative estimate of drug-likeness (QED) is 0.492. The second-order valence-corrected chi connectivity index (χ2v) is 9.55. The van der Waals surface area contributed by atoms with Crippen LogP contribution in [0.25, 0.3) is 11.0 Å². The van der Waals surface area contributed by atoms with Crippen molar-refractivity contribution in [2.24, 2.45) is 0 Å². The molecule has 3 aromatic rings. The standard InChI is InChI=1S/C20H23BrN2O2S/c1-3-4-5-6-20-22-18-12-11-17(26(2,24)25)13-19(18)23(20)14-15-7-9-16(21)10-8-15/h7-13H,3-6,14H2,1-2H3. The molecule has 138 valence electrons. The number of halogens is 1. The minimum Gasteiger partial charge on any atom is -0.323 e. The van der Waals surface area contributed by atoms with Gasteiger partial charge >= 0.3 is 0 Å². The number of unbranched alkanes of at least 4 members (excludes halogenated alkanes) is 2. The van der Waals surface area contributed by atoms with Crippen LogP contribution in [-0.2, 0) is 22.8 Å². The summed E-state index contributed by atoms with van der Waals surface area (Å²) < 4.78 is 27.1. The molecule has 0 bridgehead atoms. The van der Waals surface area contributed by atoms with Gasteiger partial charge in [0.15, 0.2) is 9.84 Å². The number of hydrogen-bond donors (Lipinski definition) is 0. The maximum absolute atomic E-state index is 12.0. The molecule has 4 nitrogen and oxygen atoms in total. The van der Waals surface area contributed by atoms with Crippen molar-refractivity contribution in [1.82, 2.24) is 9.55 Å². The summed E-state index contributed by atoms with van der Waals surface area (Å²) in [4.78, 5) is 5.12. The van der Waals surface area contributed by atoms with Gasteiger partial charge in [-0.25, -0.2) is 13.4 Å². The zero-order chi connectivity index (χ0) is 18.7. The van der Waals surface area contributed by atoms with Gasteiger partial charge in [-0.2, -0.15) is 0 Å². The average molecular weight is 435 g/mol. The molecule has 3 rings (SSSR count). The Bertz CT molecular complexity index is 1010. The number of aromatic nitrogens is 2. The maximum Gasteiger partial charge on any atom is 0.175 e. The lowest BCUT2D eigenvalue weighted by molar-refractivity contribution is 0.602. The average Bonchev–Trinajstić information content (AvgIpc) is 2.93. The fraction of sp³-hybridized carbons (Fsp3) is 0.350. The van der Waals surface area contributed by atoms with Crippen molar-refractivity contribution >= 4 is 36.8 Å². The van der Waals surface area contributed by atoms with Gasteiger partial charge in [0, 0.05) is 23.7 Å². The van der Waals surface area contributed by atoms with Crippen molar-refractivity contribution in [2.45, 2.75) is 44.0 Å². The predicted octanol–water partition coefficient (Wildman–Crippen LogP) is 4.98. The summed E-state index contributed by atoms with van der Waals surface area (Å²) in [6, 6.07) is 13.4. The van der Waals surface area contributed by atoms with Gasteiger partial charge < -0.3 is 4.57 Å². The first-order valence-corrected chi connectivity index (χ1v) is 11.5. The highest BCUT2D eigenvalue weighted by Crippen LogP contribution is 2.23. The monoisotopic (exact) mass is 434 g/mol. The smallest absolute Gasteiger partial charge is 0.175 e. The third-order valence-corrected chi connectivity index (χ3v) is 6.12. The maximum atomic E-state index is 12.0. The van der Waals surface area contributed by atoms with Crippen molar-refractivity contribution < 1.29 is 8.42 Å². The predicted molar refractivity (Wildman–Crippen MR) is 109 cm³/mol. The van der Waals surface area contributed by atoms with Crippen molar-refractivity contribution in [3.8, 4) is 0 Å². The first-order chi connectivity index (χ1) is 12.4. The Morgan fingerprint density at radius 1 is 1.08 bits per heavy atom. The Morgan fingerprint density at radius 3 is 2.46 bits per heavy atom. The van der Waals surface area contributed by atoms with Crippen LogP contribution < -0.4 is 0 Å². The molecule has 0 aliphatic rings. The number of nitrogens with zero attached hydrogens (tertiary/aromatic N) is 2. The molecule has 0 radical (unpaired) electrons. The highest BCUT2D eigenvalue weighted by atomic mass is 79.9. The van der Waals surface area contributed by atoms with Gasteiger partial charge in [0.05, 0.1) is 15.9 Å². The highest BCUT2D eigenvalue weighted by molar-refractivity contribution is 9.10. The van der Waals surface area contributed by atoms with E-state index in [9.17, 15) is 8.42 Å². The molecule has 0 atom stereocenters. The normalized spacial score (nSPS) is 12.0. The lowest BCUT2D eigenvalue weighted by atomic mass is 10.2. The van der Waals surface area contributed by atoms with E-state index in [0.29, 0.717) is 11.4 Å². The minimum absolute atomic E-state index is 0.335. The molecule has 1 heterocycles. The molecule has 0 saturated heterocycles. The van der Waals surface area contributed by atoms with Crippen molar-refractivity contribution in [1.29, 1.82) is 0 Å². The Balaban J connectivity index is 2.07. The fourth-order valence-corrected chi connectivity index (χ4v) is 3.96. The summed E-state index contributed by atoms with van der Waals surface area (Å²) in [5.74, 6) is 1.02. The molecule has 1 aromatic heterocycles. The van der Waals surface area contributed by atoms with Gasteiger partial charge in [-0.15, -0.1) is 0 Å². The number of benzene rings is 2. The molecule has 0 saturated carbocycles. The second kappa shape index (κ2) is 7.92. The second-order valence-electron chi connectivity index (χ2n) is 6.62. The molecule has 0 N–H and O–H groups in total. The van der Waals surface area contributed by atoms with E-state index in [1.54, 1.807) is 12.1 Å².